The predicted octanol–water partition coefficient (Wildman–Crippen LogP) is 3.15. The number of fused-ring (bicyclic) bond motifs is 1. The maximum atomic E-state index is 12.1. The minimum Gasteiger partial charge on any atom is -0.330 e. The summed E-state index contributed by atoms with van der Waals surface area (Å²) in [5.74, 6) is 0.0484. The Morgan fingerprint density at radius 2 is 1.95 bits per heavy atom. The molecule has 1 amide bonds. The van der Waals surface area contributed by atoms with E-state index in [4.69, 9.17) is 5.73 Å². The molecule has 1 unspecified atom stereocenters. The second kappa shape index (κ2) is 6.34. The fraction of sp³-hybridized carbons (Fsp3) is 0.312. The second-order valence-corrected chi connectivity index (χ2v) is 4.85. The zero-order valence-corrected chi connectivity index (χ0v) is 11.2. The number of benzene rings is 2. The number of nitrogens with two attached hydrogens (primary N) is 1. The molecule has 1 atom stereocenters. The van der Waals surface area contributed by atoms with Crippen LogP contribution < -0.4 is 11.1 Å². The highest BCUT2D eigenvalue weighted by molar-refractivity contribution is 6.02. The molecular weight excluding hydrogens is 236 g/mol. The van der Waals surface area contributed by atoms with E-state index in [9.17, 15) is 4.79 Å². The van der Waals surface area contributed by atoms with Crippen LogP contribution in [0.3, 0.4) is 0 Å². The van der Waals surface area contributed by atoms with E-state index in [0.29, 0.717) is 6.54 Å². The average Bonchev–Trinajstić information content (AvgIpc) is 2.45. The van der Waals surface area contributed by atoms with Crippen LogP contribution in [-0.2, 0) is 4.79 Å². The van der Waals surface area contributed by atoms with E-state index in [1.807, 2.05) is 49.4 Å². The van der Waals surface area contributed by atoms with Crippen molar-refractivity contribution in [2.75, 3.05) is 11.9 Å². The van der Waals surface area contributed by atoms with Crippen LogP contribution in [0.4, 0.5) is 5.69 Å². The predicted molar refractivity (Wildman–Crippen MR) is 80.0 cm³/mol. The number of carbonyl (C=O) groups is 1. The van der Waals surface area contributed by atoms with Crippen LogP contribution in [-0.4, -0.2) is 12.5 Å². The fourth-order valence-electron chi connectivity index (χ4n) is 2.15. The molecule has 100 valence electrons. The van der Waals surface area contributed by atoms with Crippen molar-refractivity contribution in [3.05, 3.63) is 42.5 Å². The van der Waals surface area contributed by atoms with Crippen molar-refractivity contribution in [2.24, 2.45) is 11.7 Å². The molecule has 3 heteroatoms. The first-order valence-corrected chi connectivity index (χ1v) is 6.71. The summed E-state index contributed by atoms with van der Waals surface area (Å²) in [6.07, 6.45) is 1.71. The summed E-state index contributed by atoms with van der Waals surface area (Å²) in [6.45, 7) is 2.57. The van der Waals surface area contributed by atoms with Gasteiger partial charge >= 0.3 is 0 Å². The Kier molecular flexibility index (Phi) is 4.53. The summed E-state index contributed by atoms with van der Waals surface area (Å²) in [6, 6.07) is 14.0. The van der Waals surface area contributed by atoms with Crippen molar-refractivity contribution >= 4 is 22.4 Å². The molecule has 2 rings (SSSR count). The number of anilines is 1. The van der Waals surface area contributed by atoms with E-state index < -0.39 is 0 Å². The number of hydrogen-bond acceptors (Lipinski definition) is 2. The number of amides is 1. The molecule has 0 spiro atoms. The quantitative estimate of drug-likeness (QED) is 0.863. The van der Waals surface area contributed by atoms with Gasteiger partial charge in [-0.3, -0.25) is 4.79 Å². The summed E-state index contributed by atoms with van der Waals surface area (Å²) in [5, 5.41) is 5.22. The van der Waals surface area contributed by atoms with Crippen molar-refractivity contribution in [3.63, 3.8) is 0 Å². The molecular formula is C16H20N2O. The fourth-order valence-corrected chi connectivity index (χ4v) is 2.15. The van der Waals surface area contributed by atoms with Gasteiger partial charge < -0.3 is 11.1 Å². The Hall–Kier alpha value is -1.87. The van der Waals surface area contributed by atoms with Gasteiger partial charge in [-0.25, -0.2) is 0 Å². The van der Waals surface area contributed by atoms with E-state index >= 15 is 0 Å². The summed E-state index contributed by atoms with van der Waals surface area (Å²) < 4.78 is 0. The molecule has 0 aromatic heterocycles. The van der Waals surface area contributed by atoms with Crippen LogP contribution in [0.1, 0.15) is 19.8 Å². The minimum absolute atomic E-state index is 0.0116. The van der Waals surface area contributed by atoms with Crippen molar-refractivity contribution in [3.8, 4) is 0 Å². The SMILES string of the molecule is CC(CCCN)C(=O)Nc1cccc2ccccc12. The standard InChI is InChI=1S/C16H20N2O/c1-12(6-5-11-17)16(19)18-15-10-4-8-13-7-2-3-9-14(13)15/h2-4,7-10,12H,5-6,11,17H2,1H3,(H,18,19). The number of nitrogens with one attached hydrogen (secondary N) is 1. The molecule has 0 fully saturated rings. The first-order chi connectivity index (χ1) is 9.22. The Labute approximate surface area is 113 Å². The maximum Gasteiger partial charge on any atom is 0.227 e. The summed E-state index contributed by atoms with van der Waals surface area (Å²) >= 11 is 0. The molecule has 3 nitrogen and oxygen atoms in total. The lowest BCUT2D eigenvalue weighted by molar-refractivity contribution is -0.119. The molecule has 0 bridgehead atoms. The van der Waals surface area contributed by atoms with Gasteiger partial charge in [0, 0.05) is 17.0 Å². The zero-order valence-electron chi connectivity index (χ0n) is 11.2. The van der Waals surface area contributed by atoms with Crippen molar-refractivity contribution < 1.29 is 4.79 Å². The molecule has 0 radical (unpaired) electrons. The maximum absolute atomic E-state index is 12.1. The number of rotatable bonds is 5. The highest BCUT2D eigenvalue weighted by atomic mass is 16.1. The first-order valence-electron chi connectivity index (χ1n) is 6.71. The highest BCUT2D eigenvalue weighted by Gasteiger charge is 2.13. The molecule has 0 saturated carbocycles. The molecule has 0 aliphatic heterocycles. The van der Waals surface area contributed by atoms with Crippen LogP contribution >= 0.6 is 0 Å². The van der Waals surface area contributed by atoms with Crippen LogP contribution in [0.25, 0.3) is 10.8 Å². The molecule has 2 aromatic rings. The number of hydrogen-bond donors (Lipinski definition) is 2. The molecule has 0 aliphatic rings. The smallest absolute Gasteiger partial charge is 0.227 e. The van der Waals surface area contributed by atoms with Gasteiger partial charge in [-0.1, -0.05) is 43.3 Å². The highest BCUT2D eigenvalue weighted by Crippen LogP contribution is 2.23. The van der Waals surface area contributed by atoms with Crippen LogP contribution in [0.2, 0.25) is 0 Å². The van der Waals surface area contributed by atoms with Gasteiger partial charge in [-0.2, -0.15) is 0 Å². The molecule has 0 aliphatic carbocycles. The van der Waals surface area contributed by atoms with Gasteiger partial charge in [0.2, 0.25) is 5.91 Å². The Balaban J connectivity index is 2.15. The van der Waals surface area contributed by atoms with Gasteiger partial charge in [-0.15, -0.1) is 0 Å². The summed E-state index contributed by atoms with van der Waals surface area (Å²) in [5.41, 5.74) is 6.35. The molecule has 0 heterocycles. The van der Waals surface area contributed by atoms with E-state index in [1.54, 1.807) is 0 Å². The average molecular weight is 256 g/mol. The van der Waals surface area contributed by atoms with Crippen molar-refractivity contribution in [1.82, 2.24) is 0 Å². The molecule has 3 N–H and O–H groups in total. The van der Waals surface area contributed by atoms with E-state index in [0.717, 1.165) is 29.3 Å². The lowest BCUT2D eigenvalue weighted by Gasteiger charge is -2.13. The van der Waals surface area contributed by atoms with Gasteiger partial charge in [0.15, 0.2) is 0 Å². The topological polar surface area (TPSA) is 55.1 Å². The van der Waals surface area contributed by atoms with Crippen molar-refractivity contribution in [2.45, 2.75) is 19.8 Å². The Morgan fingerprint density at radius 3 is 2.74 bits per heavy atom. The zero-order chi connectivity index (χ0) is 13.7. The first kappa shape index (κ1) is 13.6. The molecule has 2 aromatic carbocycles. The summed E-state index contributed by atoms with van der Waals surface area (Å²) in [4.78, 5) is 12.1. The normalized spacial score (nSPS) is 12.3. The summed E-state index contributed by atoms with van der Waals surface area (Å²) in [7, 11) is 0. The third-order valence-electron chi connectivity index (χ3n) is 3.34. The van der Waals surface area contributed by atoms with Gasteiger partial charge in [-0.05, 0) is 30.8 Å². The Morgan fingerprint density at radius 1 is 1.21 bits per heavy atom. The largest absolute Gasteiger partial charge is 0.330 e. The monoisotopic (exact) mass is 256 g/mol. The van der Waals surface area contributed by atoms with Crippen LogP contribution in [0.15, 0.2) is 42.5 Å². The van der Waals surface area contributed by atoms with E-state index in [-0.39, 0.29) is 11.8 Å². The van der Waals surface area contributed by atoms with Crippen LogP contribution in [0, 0.1) is 5.92 Å². The van der Waals surface area contributed by atoms with Crippen molar-refractivity contribution in [1.29, 1.82) is 0 Å². The molecule has 0 saturated heterocycles. The second-order valence-electron chi connectivity index (χ2n) is 4.85. The van der Waals surface area contributed by atoms with Crippen LogP contribution in [0.5, 0.6) is 0 Å². The lowest BCUT2D eigenvalue weighted by atomic mass is 10.0. The van der Waals surface area contributed by atoms with E-state index in [2.05, 4.69) is 5.32 Å². The van der Waals surface area contributed by atoms with Gasteiger partial charge in [0.05, 0.1) is 0 Å². The third kappa shape index (κ3) is 3.32. The lowest BCUT2D eigenvalue weighted by Crippen LogP contribution is -2.21. The minimum atomic E-state index is -0.0116. The Bertz CT molecular complexity index is 560. The third-order valence-corrected chi connectivity index (χ3v) is 3.34. The van der Waals surface area contributed by atoms with E-state index in [1.165, 1.54) is 0 Å². The van der Waals surface area contributed by atoms with Gasteiger partial charge in [0.25, 0.3) is 0 Å². The number of carbonyl (C=O) groups excluding carboxylic acids is 1. The molecule has 19 heavy (non-hydrogen) atoms. The van der Waals surface area contributed by atoms with Gasteiger partial charge in [0.1, 0.15) is 0 Å².